The number of aromatic nitrogens is 4. The quantitative estimate of drug-likeness (QED) is 0.273. The van der Waals surface area contributed by atoms with Crippen molar-refractivity contribution in [1.29, 1.82) is 0 Å². The molecule has 2 aromatic heterocycles. The average Bonchev–Trinajstić information content (AvgIpc) is 3.54. The minimum absolute atomic E-state index is 0.196. The van der Waals surface area contributed by atoms with Crippen molar-refractivity contribution >= 4 is 29.0 Å². The summed E-state index contributed by atoms with van der Waals surface area (Å²) in [6, 6.07) is 29.7. The number of rotatable bonds is 8. The van der Waals surface area contributed by atoms with E-state index in [4.69, 9.17) is 0 Å². The van der Waals surface area contributed by atoms with Gasteiger partial charge in [0.15, 0.2) is 5.16 Å². The summed E-state index contributed by atoms with van der Waals surface area (Å²) in [5.41, 5.74) is 3.48. The van der Waals surface area contributed by atoms with Gasteiger partial charge in [0, 0.05) is 11.1 Å². The first-order valence-electron chi connectivity index (χ1n) is 11.1. The van der Waals surface area contributed by atoms with Crippen LogP contribution < -0.4 is 5.32 Å². The largest absolute Gasteiger partial charge is 0.340 e. The third kappa shape index (κ3) is 5.34. The predicted molar refractivity (Wildman–Crippen MR) is 140 cm³/mol. The Morgan fingerprint density at radius 3 is 2.14 bits per heavy atom. The van der Waals surface area contributed by atoms with E-state index >= 15 is 0 Å². The minimum Gasteiger partial charge on any atom is -0.340 e. The number of nitrogens with one attached hydrogen (secondary N) is 1. The molecule has 5 rings (SSSR count). The molecule has 0 bridgehead atoms. The number of amides is 1. The molecule has 8 heteroatoms. The second kappa shape index (κ2) is 10.7. The summed E-state index contributed by atoms with van der Waals surface area (Å²) in [4.78, 5) is 17.7. The molecule has 35 heavy (non-hydrogen) atoms. The van der Waals surface area contributed by atoms with Crippen molar-refractivity contribution in [3.8, 4) is 5.69 Å². The van der Waals surface area contributed by atoms with Gasteiger partial charge in [0.2, 0.25) is 0 Å². The molecule has 6 nitrogen and oxygen atoms in total. The number of hydrogen-bond acceptors (Lipinski definition) is 6. The molecule has 0 spiro atoms. The van der Waals surface area contributed by atoms with Crippen molar-refractivity contribution in [1.82, 2.24) is 25.1 Å². The summed E-state index contributed by atoms with van der Waals surface area (Å²) in [5.74, 6) is 1.23. The highest BCUT2D eigenvalue weighted by atomic mass is 32.2. The average molecular weight is 498 g/mol. The Labute approximate surface area is 212 Å². The topological polar surface area (TPSA) is 72.7 Å². The summed E-state index contributed by atoms with van der Waals surface area (Å²) >= 11 is 3.03. The normalized spacial score (nSPS) is 11.0. The molecule has 0 fully saturated rings. The number of thioether (sulfide) groups is 1. The second-order valence-electron chi connectivity index (χ2n) is 7.84. The minimum atomic E-state index is -0.253. The monoisotopic (exact) mass is 497 g/mol. The van der Waals surface area contributed by atoms with Crippen LogP contribution in [-0.2, 0) is 5.75 Å². The van der Waals surface area contributed by atoms with Crippen LogP contribution >= 0.6 is 23.1 Å². The van der Waals surface area contributed by atoms with E-state index in [0.717, 1.165) is 32.8 Å². The molecule has 1 amide bonds. The number of para-hydroxylation sites is 1. The van der Waals surface area contributed by atoms with E-state index in [1.807, 2.05) is 108 Å². The molecule has 0 aliphatic carbocycles. The van der Waals surface area contributed by atoms with E-state index in [-0.39, 0.29) is 11.9 Å². The van der Waals surface area contributed by atoms with Crippen molar-refractivity contribution in [2.75, 3.05) is 0 Å². The Balaban J connectivity index is 1.30. The number of benzene rings is 3. The van der Waals surface area contributed by atoms with Crippen LogP contribution in [-0.4, -0.2) is 25.7 Å². The van der Waals surface area contributed by atoms with Crippen LogP contribution in [0.15, 0.2) is 102 Å². The Morgan fingerprint density at radius 2 is 1.51 bits per heavy atom. The first-order valence-corrected chi connectivity index (χ1v) is 13.0. The highest BCUT2D eigenvalue weighted by Crippen LogP contribution is 2.27. The van der Waals surface area contributed by atoms with E-state index in [1.165, 1.54) is 11.3 Å². The van der Waals surface area contributed by atoms with Gasteiger partial charge in [0.05, 0.1) is 11.8 Å². The molecule has 0 atom stereocenters. The van der Waals surface area contributed by atoms with E-state index in [0.29, 0.717) is 11.4 Å². The van der Waals surface area contributed by atoms with Crippen molar-refractivity contribution in [3.63, 3.8) is 0 Å². The van der Waals surface area contributed by atoms with Gasteiger partial charge in [-0.15, -0.1) is 21.5 Å². The van der Waals surface area contributed by atoms with E-state index in [9.17, 15) is 4.79 Å². The molecule has 0 saturated heterocycles. The van der Waals surface area contributed by atoms with Gasteiger partial charge in [-0.05, 0) is 30.2 Å². The van der Waals surface area contributed by atoms with Crippen LogP contribution in [0, 0.1) is 6.92 Å². The molecule has 0 radical (unpaired) electrons. The third-order valence-electron chi connectivity index (χ3n) is 5.46. The van der Waals surface area contributed by atoms with Gasteiger partial charge in [0.1, 0.15) is 16.5 Å². The number of hydrogen-bond donors (Lipinski definition) is 1. The van der Waals surface area contributed by atoms with Gasteiger partial charge in [-0.1, -0.05) is 90.6 Å². The predicted octanol–water partition coefficient (Wildman–Crippen LogP) is 5.84. The zero-order valence-corrected chi connectivity index (χ0v) is 20.7. The van der Waals surface area contributed by atoms with Gasteiger partial charge < -0.3 is 5.32 Å². The Hall–Kier alpha value is -3.75. The first-order chi connectivity index (χ1) is 17.2. The number of thiazole rings is 1. The van der Waals surface area contributed by atoms with Gasteiger partial charge >= 0.3 is 0 Å². The lowest BCUT2D eigenvalue weighted by molar-refractivity contribution is 0.0938. The van der Waals surface area contributed by atoms with Crippen molar-refractivity contribution in [3.05, 3.63) is 124 Å². The zero-order valence-electron chi connectivity index (χ0n) is 19.0. The van der Waals surface area contributed by atoms with E-state index in [1.54, 1.807) is 11.8 Å². The molecule has 0 saturated carbocycles. The van der Waals surface area contributed by atoms with Crippen molar-refractivity contribution < 1.29 is 4.79 Å². The molecule has 174 valence electrons. The molecule has 0 aliphatic rings. The fourth-order valence-electron chi connectivity index (χ4n) is 3.77. The maximum Gasteiger partial charge on any atom is 0.271 e. The van der Waals surface area contributed by atoms with Crippen LogP contribution in [0.4, 0.5) is 0 Å². The summed E-state index contributed by atoms with van der Waals surface area (Å²) in [6.45, 7) is 1.94. The molecule has 5 aromatic rings. The maximum atomic E-state index is 13.1. The summed E-state index contributed by atoms with van der Waals surface area (Å²) < 4.78 is 2.02. The van der Waals surface area contributed by atoms with Crippen LogP contribution in [0.1, 0.15) is 38.5 Å². The van der Waals surface area contributed by atoms with Gasteiger partial charge in [-0.2, -0.15) is 0 Å². The molecule has 2 heterocycles. The Bertz CT molecular complexity index is 1360. The molecule has 0 aliphatic heterocycles. The lowest BCUT2D eigenvalue weighted by atomic mass is 9.98. The van der Waals surface area contributed by atoms with Crippen LogP contribution in [0.2, 0.25) is 0 Å². The van der Waals surface area contributed by atoms with E-state index in [2.05, 4.69) is 20.5 Å². The summed E-state index contributed by atoms with van der Waals surface area (Å²) in [6.07, 6.45) is 0. The lowest BCUT2D eigenvalue weighted by Crippen LogP contribution is -2.29. The molecular formula is C27H23N5OS2. The van der Waals surface area contributed by atoms with Crippen LogP contribution in [0.5, 0.6) is 0 Å². The van der Waals surface area contributed by atoms with Gasteiger partial charge in [0.25, 0.3) is 5.91 Å². The Kier molecular flexibility index (Phi) is 7.02. The zero-order chi connectivity index (χ0) is 24.0. The second-order valence-corrected chi connectivity index (χ2v) is 9.73. The Morgan fingerprint density at radius 1 is 0.914 bits per heavy atom. The third-order valence-corrected chi connectivity index (χ3v) is 7.43. The lowest BCUT2D eigenvalue weighted by Gasteiger charge is -2.19. The van der Waals surface area contributed by atoms with E-state index < -0.39 is 0 Å². The first kappa shape index (κ1) is 23.0. The molecule has 1 N–H and O–H groups in total. The molecule has 0 unspecified atom stereocenters. The molecular weight excluding hydrogens is 474 g/mol. The molecule has 3 aromatic carbocycles. The summed E-state index contributed by atoms with van der Waals surface area (Å²) in [7, 11) is 0. The smallest absolute Gasteiger partial charge is 0.271 e. The van der Waals surface area contributed by atoms with Crippen LogP contribution in [0.25, 0.3) is 5.69 Å². The fourth-order valence-corrected chi connectivity index (χ4v) is 5.56. The number of carbonyl (C=O) groups excluding carboxylic acids is 1. The van der Waals surface area contributed by atoms with Crippen LogP contribution in [0.3, 0.4) is 0 Å². The number of carbonyl (C=O) groups is 1. The highest BCUT2D eigenvalue weighted by Gasteiger charge is 2.20. The number of aryl methyl sites for hydroxylation is 1. The van der Waals surface area contributed by atoms with Crippen molar-refractivity contribution in [2.45, 2.75) is 23.9 Å². The van der Waals surface area contributed by atoms with Gasteiger partial charge in [-0.3, -0.25) is 9.36 Å². The van der Waals surface area contributed by atoms with Gasteiger partial charge in [-0.25, -0.2) is 4.98 Å². The van der Waals surface area contributed by atoms with Crippen molar-refractivity contribution in [2.24, 2.45) is 0 Å². The summed E-state index contributed by atoms with van der Waals surface area (Å²) in [5, 5.41) is 15.2. The maximum absolute atomic E-state index is 13.1. The highest BCUT2D eigenvalue weighted by molar-refractivity contribution is 7.98. The standard InChI is InChI=1S/C27H23N5OS2/c1-19-30-31-27(32(19)22-15-9-4-10-16-22)35-18-24-28-23(17-34-24)26(33)29-25(20-11-5-2-6-12-20)21-13-7-3-8-14-21/h2-17,25H,18H2,1H3,(H,29,33). The SMILES string of the molecule is Cc1nnc(SCc2nc(C(=O)NC(c3ccccc3)c3ccccc3)cs2)n1-c1ccccc1. The fraction of sp³-hybridized carbons (Fsp3) is 0.111. The number of nitrogens with zero attached hydrogens (tertiary/aromatic N) is 4.